The smallest absolute Gasteiger partial charge is 0.112 e. The van der Waals surface area contributed by atoms with E-state index in [0.717, 1.165) is 11.1 Å². The monoisotopic (exact) mass is 176 g/mol. The van der Waals surface area contributed by atoms with E-state index in [-0.39, 0.29) is 0 Å². The van der Waals surface area contributed by atoms with E-state index in [1.807, 2.05) is 30.3 Å². The van der Waals surface area contributed by atoms with Crippen molar-refractivity contribution in [3.8, 4) is 0 Å². The maximum absolute atomic E-state index is 9.79. The van der Waals surface area contributed by atoms with Crippen molar-refractivity contribution < 1.29 is 10.2 Å². The molecule has 1 aromatic carbocycles. The van der Waals surface area contributed by atoms with Gasteiger partial charge in [-0.3, -0.25) is 0 Å². The first-order chi connectivity index (χ1) is 6.11. The number of aliphatic hydroxyl groups excluding tert-OH is 1. The highest BCUT2D eigenvalue weighted by Crippen LogP contribution is 2.34. The van der Waals surface area contributed by atoms with Crippen LogP contribution in [0, 0.1) is 0 Å². The van der Waals surface area contributed by atoms with E-state index in [2.05, 4.69) is 0 Å². The van der Waals surface area contributed by atoms with Crippen molar-refractivity contribution in [3.05, 3.63) is 41.5 Å². The van der Waals surface area contributed by atoms with Crippen molar-refractivity contribution in [2.24, 2.45) is 0 Å². The molecule has 2 N–H and O–H groups in total. The van der Waals surface area contributed by atoms with E-state index < -0.39 is 11.7 Å². The van der Waals surface area contributed by atoms with Crippen molar-refractivity contribution >= 4 is 6.08 Å². The van der Waals surface area contributed by atoms with E-state index >= 15 is 0 Å². The van der Waals surface area contributed by atoms with Gasteiger partial charge in [0.25, 0.3) is 0 Å². The summed E-state index contributed by atoms with van der Waals surface area (Å²) in [6, 6.07) is 7.52. The number of hydrogen-bond acceptors (Lipinski definition) is 2. The molecule has 1 aliphatic carbocycles. The molecule has 0 aromatic heterocycles. The quantitative estimate of drug-likeness (QED) is 0.629. The molecular formula is C11H12O2. The Morgan fingerprint density at radius 3 is 2.77 bits per heavy atom. The summed E-state index contributed by atoms with van der Waals surface area (Å²) in [5, 5.41) is 19.5. The van der Waals surface area contributed by atoms with Crippen LogP contribution in [0.15, 0.2) is 30.3 Å². The number of aliphatic hydroxyl groups is 2. The van der Waals surface area contributed by atoms with Crippen LogP contribution in [-0.2, 0) is 0 Å². The fourth-order valence-corrected chi connectivity index (χ4v) is 1.58. The van der Waals surface area contributed by atoms with Gasteiger partial charge in [-0.05, 0) is 24.1 Å². The van der Waals surface area contributed by atoms with E-state index in [9.17, 15) is 10.2 Å². The first kappa shape index (κ1) is 8.48. The van der Waals surface area contributed by atoms with E-state index in [0.29, 0.717) is 0 Å². The molecule has 2 atom stereocenters. The Kier molecular flexibility index (Phi) is 1.75. The maximum atomic E-state index is 9.79. The molecule has 2 nitrogen and oxygen atoms in total. The molecule has 0 saturated carbocycles. The van der Waals surface area contributed by atoms with Crippen molar-refractivity contribution in [2.45, 2.75) is 18.6 Å². The molecule has 13 heavy (non-hydrogen) atoms. The Bertz CT molecular complexity index is 353. The lowest BCUT2D eigenvalue weighted by Crippen LogP contribution is -2.32. The molecule has 2 heteroatoms. The molecular weight excluding hydrogens is 164 g/mol. The van der Waals surface area contributed by atoms with Gasteiger partial charge in [0.05, 0.1) is 0 Å². The number of benzene rings is 1. The van der Waals surface area contributed by atoms with Gasteiger partial charge in [0, 0.05) is 0 Å². The molecule has 1 aliphatic rings. The van der Waals surface area contributed by atoms with Crippen molar-refractivity contribution in [1.82, 2.24) is 0 Å². The van der Waals surface area contributed by atoms with Crippen LogP contribution in [0.4, 0.5) is 0 Å². The maximum Gasteiger partial charge on any atom is 0.112 e. The van der Waals surface area contributed by atoms with Crippen LogP contribution >= 0.6 is 0 Å². The van der Waals surface area contributed by atoms with Gasteiger partial charge in [-0.25, -0.2) is 0 Å². The second-order valence-corrected chi connectivity index (χ2v) is 3.59. The van der Waals surface area contributed by atoms with E-state index in [4.69, 9.17) is 0 Å². The van der Waals surface area contributed by atoms with Crippen LogP contribution in [0.2, 0.25) is 0 Å². The highest BCUT2D eigenvalue weighted by Gasteiger charge is 2.32. The average molecular weight is 176 g/mol. The summed E-state index contributed by atoms with van der Waals surface area (Å²) >= 11 is 0. The van der Waals surface area contributed by atoms with Crippen molar-refractivity contribution in [3.63, 3.8) is 0 Å². The number of rotatable bonds is 0. The Hall–Kier alpha value is -1.12. The highest BCUT2D eigenvalue weighted by molar-refractivity contribution is 5.59. The molecule has 0 amide bonds. The Labute approximate surface area is 77.1 Å². The first-order valence-electron chi connectivity index (χ1n) is 4.30. The van der Waals surface area contributed by atoms with E-state index in [1.54, 1.807) is 13.0 Å². The second-order valence-electron chi connectivity index (χ2n) is 3.59. The number of fused-ring (bicyclic) bond motifs is 1. The largest absolute Gasteiger partial charge is 0.385 e. The fraction of sp³-hybridized carbons (Fsp3) is 0.273. The van der Waals surface area contributed by atoms with Crippen LogP contribution in [-0.4, -0.2) is 15.8 Å². The van der Waals surface area contributed by atoms with Crippen LogP contribution in [0.5, 0.6) is 0 Å². The van der Waals surface area contributed by atoms with Crippen molar-refractivity contribution in [1.29, 1.82) is 0 Å². The summed E-state index contributed by atoms with van der Waals surface area (Å²) in [6.07, 6.45) is 2.64. The number of hydrogen-bond donors (Lipinski definition) is 2. The van der Waals surface area contributed by atoms with Gasteiger partial charge in [-0.15, -0.1) is 0 Å². The molecule has 0 heterocycles. The minimum atomic E-state index is -1.14. The Morgan fingerprint density at radius 2 is 2.00 bits per heavy atom. The second kappa shape index (κ2) is 2.69. The molecule has 0 radical (unpaired) electrons. The summed E-state index contributed by atoms with van der Waals surface area (Å²) in [7, 11) is 0. The molecule has 2 unspecified atom stereocenters. The Balaban J connectivity index is 2.55. The van der Waals surface area contributed by atoms with Crippen molar-refractivity contribution in [2.75, 3.05) is 0 Å². The molecule has 0 bridgehead atoms. The van der Waals surface area contributed by atoms with Gasteiger partial charge in [0.1, 0.15) is 11.7 Å². The summed E-state index contributed by atoms with van der Waals surface area (Å²) in [5.74, 6) is 0. The topological polar surface area (TPSA) is 40.5 Å². The standard InChI is InChI=1S/C11H12O2/c1-11(13)7-6-8-4-2-3-5-9(8)10(11)12/h2-7,10,12-13H,1H3. The molecule has 2 rings (SSSR count). The summed E-state index contributed by atoms with van der Waals surface area (Å²) in [5.41, 5.74) is 0.616. The zero-order chi connectivity index (χ0) is 9.47. The third-order valence-corrected chi connectivity index (χ3v) is 2.44. The predicted molar refractivity (Wildman–Crippen MR) is 51.1 cm³/mol. The highest BCUT2D eigenvalue weighted by atomic mass is 16.3. The summed E-state index contributed by atoms with van der Waals surface area (Å²) in [6.45, 7) is 1.60. The summed E-state index contributed by atoms with van der Waals surface area (Å²) < 4.78 is 0. The minimum Gasteiger partial charge on any atom is -0.385 e. The molecule has 0 saturated heterocycles. The molecule has 0 aliphatic heterocycles. The lowest BCUT2D eigenvalue weighted by atomic mass is 9.85. The van der Waals surface area contributed by atoms with Crippen LogP contribution < -0.4 is 0 Å². The molecule has 68 valence electrons. The zero-order valence-electron chi connectivity index (χ0n) is 7.44. The van der Waals surface area contributed by atoms with Gasteiger partial charge in [-0.1, -0.05) is 30.3 Å². The molecule has 0 fully saturated rings. The fourth-order valence-electron chi connectivity index (χ4n) is 1.58. The first-order valence-corrected chi connectivity index (χ1v) is 4.30. The van der Waals surface area contributed by atoms with Crippen LogP contribution in [0.3, 0.4) is 0 Å². The molecule has 1 aromatic rings. The van der Waals surface area contributed by atoms with Crippen LogP contribution in [0.25, 0.3) is 6.08 Å². The SMILES string of the molecule is CC1(O)C=Cc2ccccc2C1O. The third-order valence-electron chi connectivity index (χ3n) is 2.44. The molecule has 0 spiro atoms. The average Bonchev–Trinajstić information content (AvgIpc) is 2.13. The normalized spacial score (nSPS) is 31.5. The van der Waals surface area contributed by atoms with Gasteiger partial charge in [-0.2, -0.15) is 0 Å². The van der Waals surface area contributed by atoms with Crippen LogP contribution in [0.1, 0.15) is 24.2 Å². The Morgan fingerprint density at radius 1 is 1.31 bits per heavy atom. The lowest BCUT2D eigenvalue weighted by molar-refractivity contribution is -0.0288. The minimum absolute atomic E-state index is 0.787. The van der Waals surface area contributed by atoms with Gasteiger partial charge in [0.15, 0.2) is 0 Å². The zero-order valence-corrected chi connectivity index (χ0v) is 7.44. The predicted octanol–water partition coefficient (Wildman–Crippen LogP) is 1.50. The summed E-state index contributed by atoms with van der Waals surface area (Å²) in [4.78, 5) is 0. The van der Waals surface area contributed by atoms with Gasteiger partial charge in [0.2, 0.25) is 0 Å². The van der Waals surface area contributed by atoms with E-state index in [1.165, 1.54) is 0 Å². The van der Waals surface area contributed by atoms with Gasteiger partial charge < -0.3 is 10.2 Å². The van der Waals surface area contributed by atoms with Gasteiger partial charge >= 0.3 is 0 Å². The lowest BCUT2D eigenvalue weighted by Gasteiger charge is -2.30. The third kappa shape index (κ3) is 1.28.